The largest absolute Gasteiger partial charge is 0.471 e. The third-order valence-corrected chi connectivity index (χ3v) is 5.24. The lowest BCUT2D eigenvalue weighted by molar-refractivity contribution is -0.167. The fourth-order valence-corrected chi connectivity index (χ4v) is 3.38. The number of anilines is 1. The number of rotatable bonds is 12. The summed E-state index contributed by atoms with van der Waals surface area (Å²) in [4.78, 5) is 60.8. The van der Waals surface area contributed by atoms with E-state index < -0.39 is 59.0 Å². The molecule has 0 saturated carbocycles. The van der Waals surface area contributed by atoms with Crippen molar-refractivity contribution in [3.8, 4) is 0 Å². The van der Waals surface area contributed by atoms with E-state index in [-0.39, 0.29) is 25.9 Å². The number of carbonyl (C=O) groups is 4. The number of amides is 3. The molecule has 2 atom stereocenters. The van der Waals surface area contributed by atoms with Crippen LogP contribution in [0.4, 0.5) is 23.2 Å². The number of carbonyl (C=O) groups excluding carboxylic acids is 4. The van der Waals surface area contributed by atoms with Crippen molar-refractivity contribution in [3.05, 3.63) is 76.5 Å². The van der Waals surface area contributed by atoms with Crippen LogP contribution in [0.3, 0.4) is 0 Å². The minimum Gasteiger partial charge on any atom is -0.463 e. The first-order chi connectivity index (χ1) is 18.3. The zero-order chi connectivity index (χ0) is 29.2. The Bertz CT molecular complexity index is 1270. The second kappa shape index (κ2) is 13.9. The molecule has 0 spiro atoms. The minimum absolute atomic E-state index is 0.0309. The first kappa shape index (κ1) is 30.7. The molecule has 1 heterocycles. The van der Waals surface area contributed by atoms with Gasteiger partial charge in [0.2, 0.25) is 11.8 Å². The molecule has 2 rings (SSSR count). The maximum atomic E-state index is 13.4. The first-order valence-electron chi connectivity index (χ1n) is 11.6. The van der Waals surface area contributed by atoms with Crippen molar-refractivity contribution in [3.63, 3.8) is 0 Å². The number of benzene rings is 1. The summed E-state index contributed by atoms with van der Waals surface area (Å²) in [5.74, 6) is -5.19. The number of alkyl halides is 3. The van der Waals surface area contributed by atoms with Gasteiger partial charge >= 0.3 is 18.1 Å². The van der Waals surface area contributed by atoms with Crippen LogP contribution in [0, 0.1) is 5.82 Å². The molecule has 0 radical (unpaired) electrons. The molecule has 14 heteroatoms. The summed E-state index contributed by atoms with van der Waals surface area (Å²) in [6, 6.07) is 4.68. The Balaban J connectivity index is 2.46. The Kier molecular flexibility index (Phi) is 10.9. The van der Waals surface area contributed by atoms with Crippen LogP contribution in [0.5, 0.6) is 0 Å². The molecular weight excluding hydrogens is 528 g/mol. The monoisotopic (exact) mass is 554 g/mol. The summed E-state index contributed by atoms with van der Waals surface area (Å²) in [7, 11) is 0. The van der Waals surface area contributed by atoms with Crippen LogP contribution in [-0.4, -0.2) is 47.1 Å². The van der Waals surface area contributed by atoms with Crippen molar-refractivity contribution in [2.24, 2.45) is 5.73 Å². The van der Waals surface area contributed by atoms with E-state index in [1.54, 1.807) is 6.92 Å². The number of hydrogen-bond acceptors (Lipinski definition) is 6. The van der Waals surface area contributed by atoms with Crippen molar-refractivity contribution in [2.75, 3.05) is 11.9 Å². The molecule has 10 nitrogen and oxygen atoms in total. The number of halogens is 4. The van der Waals surface area contributed by atoms with E-state index in [1.807, 2.05) is 0 Å². The average molecular weight is 554 g/mol. The van der Waals surface area contributed by atoms with E-state index >= 15 is 0 Å². The second-order valence-electron chi connectivity index (χ2n) is 8.16. The summed E-state index contributed by atoms with van der Waals surface area (Å²) in [6.07, 6.45) is -2.27. The lowest BCUT2D eigenvalue weighted by Crippen LogP contribution is -2.43. The van der Waals surface area contributed by atoms with E-state index in [0.717, 1.165) is 41.1 Å². The molecular formula is C25H26F4N4O6. The van der Waals surface area contributed by atoms with Gasteiger partial charge in [0, 0.05) is 31.2 Å². The molecule has 2 aromatic rings. The normalized spacial score (nSPS) is 12.9. The summed E-state index contributed by atoms with van der Waals surface area (Å²) < 4.78 is 57.2. The van der Waals surface area contributed by atoms with Gasteiger partial charge in [-0.3, -0.25) is 19.2 Å². The van der Waals surface area contributed by atoms with Gasteiger partial charge in [-0.1, -0.05) is 18.2 Å². The van der Waals surface area contributed by atoms with Gasteiger partial charge in [-0.05, 0) is 43.2 Å². The summed E-state index contributed by atoms with van der Waals surface area (Å²) in [6.45, 7) is 1.67. The highest BCUT2D eigenvalue weighted by Crippen LogP contribution is 2.19. The topological polar surface area (TPSA) is 150 Å². The standard InChI is InChI=1S/C25H26F4N4O6/c1-2-39-21(35)12-10-17(9-11-20(30)34)31-22(36)19(14-15-5-7-16(26)8-6-15)33-13-3-4-18(23(33)37)32-24(38)25(27,28)29/h3-8,10,12-13,17,19H,2,9,11,14H2,1H3,(H2,30,34)(H,31,36)(H,32,38)/t17-,19-/m0/s1. The Morgan fingerprint density at radius 2 is 1.79 bits per heavy atom. The van der Waals surface area contributed by atoms with E-state index in [2.05, 4.69) is 5.32 Å². The predicted octanol–water partition coefficient (Wildman–Crippen LogP) is 2.14. The molecule has 1 aromatic heterocycles. The molecule has 210 valence electrons. The quantitative estimate of drug-likeness (QED) is 0.208. The Morgan fingerprint density at radius 3 is 2.38 bits per heavy atom. The van der Waals surface area contributed by atoms with Gasteiger partial charge in [-0.2, -0.15) is 13.2 Å². The van der Waals surface area contributed by atoms with Gasteiger partial charge in [0.1, 0.15) is 17.5 Å². The zero-order valence-electron chi connectivity index (χ0n) is 20.7. The fourth-order valence-electron chi connectivity index (χ4n) is 3.38. The number of primary amides is 1. The molecule has 0 fully saturated rings. The van der Waals surface area contributed by atoms with Gasteiger partial charge < -0.3 is 25.7 Å². The number of pyridine rings is 1. The molecule has 1 aromatic carbocycles. The van der Waals surface area contributed by atoms with E-state index in [9.17, 15) is 41.5 Å². The van der Waals surface area contributed by atoms with Crippen LogP contribution < -0.4 is 21.9 Å². The van der Waals surface area contributed by atoms with Crippen LogP contribution in [0.1, 0.15) is 31.4 Å². The molecule has 0 aliphatic rings. The lowest BCUT2D eigenvalue weighted by atomic mass is 10.0. The van der Waals surface area contributed by atoms with Gasteiger partial charge in [0.15, 0.2) is 0 Å². The molecule has 4 N–H and O–H groups in total. The number of ether oxygens (including phenoxy) is 1. The third-order valence-electron chi connectivity index (χ3n) is 5.24. The van der Waals surface area contributed by atoms with E-state index in [1.165, 1.54) is 23.5 Å². The van der Waals surface area contributed by atoms with Crippen LogP contribution >= 0.6 is 0 Å². The first-order valence-corrected chi connectivity index (χ1v) is 11.6. The van der Waals surface area contributed by atoms with Crippen molar-refractivity contribution < 1.29 is 41.5 Å². The number of nitrogens with zero attached hydrogens (tertiary/aromatic N) is 1. The predicted molar refractivity (Wildman–Crippen MR) is 131 cm³/mol. The maximum absolute atomic E-state index is 13.4. The number of aromatic nitrogens is 1. The number of nitrogens with one attached hydrogen (secondary N) is 2. The average Bonchev–Trinajstić information content (AvgIpc) is 2.86. The van der Waals surface area contributed by atoms with E-state index in [4.69, 9.17) is 10.5 Å². The van der Waals surface area contributed by atoms with Gasteiger partial charge in [0.25, 0.3) is 5.56 Å². The molecule has 0 aliphatic carbocycles. The smallest absolute Gasteiger partial charge is 0.463 e. The number of nitrogens with two attached hydrogens (primary N) is 1. The van der Waals surface area contributed by atoms with E-state index in [0.29, 0.717) is 5.56 Å². The fraction of sp³-hybridized carbons (Fsp3) is 0.320. The van der Waals surface area contributed by atoms with Crippen LogP contribution in [-0.2, 0) is 30.3 Å². The molecule has 0 saturated heterocycles. The Morgan fingerprint density at radius 1 is 1.13 bits per heavy atom. The van der Waals surface area contributed by atoms with Crippen molar-refractivity contribution in [1.29, 1.82) is 0 Å². The molecule has 3 amide bonds. The van der Waals surface area contributed by atoms with Gasteiger partial charge in [-0.15, -0.1) is 0 Å². The molecule has 0 aliphatic heterocycles. The highest BCUT2D eigenvalue weighted by molar-refractivity contribution is 5.94. The third kappa shape index (κ3) is 9.72. The molecule has 39 heavy (non-hydrogen) atoms. The Labute approximate surface area is 219 Å². The van der Waals surface area contributed by atoms with Crippen molar-refractivity contribution >= 4 is 29.4 Å². The summed E-state index contributed by atoms with van der Waals surface area (Å²) in [5, 5.41) is 4.05. The SMILES string of the molecule is CCOC(=O)C=C[C@H](CCC(N)=O)NC(=O)[C@H](Cc1ccc(F)cc1)n1cccc(NC(=O)C(F)(F)F)c1=O. The van der Waals surface area contributed by atoms with Crippen molar-refractivity contribution in [2.45, 2.75) is 44.4 Å². The number of esters is 1. The molecule has 0 unspecified atom stereocenters. The Hall–Kier alpha value is -4.49. The van der Waals surface area contributed by atoms with Gasteiger partial charge in [0.05, 0.1) is 6.61 Å². The number of hydrogen-bond donors (Lipinski definition) is 3. The lowest BCUT2D eigenvalue weighted by Gasteiger charge is -2.23. The van der Waals surface area contributed by atoms with Crippen molar-refractivity contribution in [1.82, 2.24) is 9.88 Å². The van der Waals surface area contributed by atoms with Crippen LogP contribution in [0.25, 0.3) is 0 Å². The summed E-state index contributed by atoms with van der Waals surface area (Å²) >= 11 is 0. The zero-order valence-corrected chi connectivity index (χ0v) is 20.7. The second-order valence-corrected chi connectivity index (χ2v) is 8.16. The highest BCUT2D eigenvalue weighted by Gasteiger charge is 2.39. The summed E-state index contributed by atoms with van der Waals surface area (Å²) in [5.41, 5.74) is 3.73. The molecule has 0 bridgehead atoms. The minimum atomic E-state index is -5.27. The highest BCUT2D eigenvalue weighted by atomic mass is 19.4. The van der Waals surface area contributed by atoms with Gasteiger partial charge in [-0.25, -0.2) is 9.18 Å². The maximum Gasteiger partial charge on any atom is 0.471 e. The van der Waals surface area contributed by atoms with Crippen LogP contribution in [0.2, 0.25) is 0 Å². The van der Waals surface area contributed by atoms with Crippen LogP contribution in [0.15, 0.2) is 59.5 Å².